The van der Waals surface area contributed by atoms with Gasteiger partial charge in [0.05, 0.1) is 6.54 Å². The van der Waals surface area contributed by atoms with Crippen LogP contribution in [0.3, 0.4) is 0 Å². The van der Waals surface area contributed by atoms with Gasteiger partial charge in [-0.05, 0) is 24.3 Å². The number of rotatable bonds is 3. The third-order valence-electron chi connectivity index (χ3n) is 3.61. The molecule has 0 N–H and O–H groups in total. The minimum Gasteiger partial charge on any atom is -0.335 e. The zero-order valence-corrected chi connectivity index (χ0v) is 11.8. The molecule has 0 atom stereocenters. The second-order valence-electron chi connectivity index (χ2n) is 5.45. The predicted molar refractivity (Wildman–Crippen MR) is 72.6 cm³/mol. The molecule has 1 amide bonds. The van der Waals surface area contributed by atoms with Crippen molar-refractivity contribution in [2.45, 2.75) is 33.1 Å². The molecule has 1 aromatic rings. The lowest BCUT2D eigenvalue weighted by molar-refractivity contribution is -0.142. The molecule has 0 unspecified atom stereocenters. The van der Waals surface area contributed by atoms with E-state index >= 15 is 0 Å². The van der Waals surface area contributed by atoms with Gasteiger partial charge in [-0.25, -0.2) is 0 Å². The third kappa shape index (κ3) is 2.99. The number of hydrogen-bond acceptors (Lipinski definition) is 3. The molecular weight excluding hydrogens is 246 g/mol. The second-order valence-corrected chi connectivity index (χ2v) is 6.48. The molecule has 98 valence electrons. The first kappa shape index (κ1) is 13.3. The second kappa shape index (κ2) is 5.22. The van der Waals surface area contributed by atoms with Crippen LogP contribution in [0, 0.1) is 5.41 Å². The first-order valence-electron chi connectivity index (χ1n) is 6.32. The van der Waals surface area contributed by atoms with Gasteiger partial charge < -0.3 is 4.90 Å². The van der Waals surface area contributed by atoms with E-state index in [0.717, 1.165) is 12.8 Å². The maximum atomic E-state index is 12.0. The van der Waals surface area contributed by atoms with Gasteiger partial charge in [0.25, 0.3) is 0 Å². The average molecular weight is 265 g/mol. The van der Waals surface area contributed by atoms with Gasteiger partial charge in [0, 0.05) is 23.3 Å². The number of piperidine rings is 1. The van der Waals surface area contributed by atoms with Crippen molar-refractivity contribution in [3.63, 3.8) is 0 Å². The minimum atomic E-state index is -0.259. The van der Waals surface area contributed by atoms with E-state index in [0.29, 0.717) is 13.0 Å². The Morgan fingerprint density at radius 3 is 2.89 bits per heavy atom. The molecule has 0 aliphatic carbocycles. The molecule has 18 heavy (non-hydrogen) atoms. The lowest BCUT2D eigenvalue weighted by Gasteiger charge is -2.35. The van der Waals surface area contributed by atoms with Gasteiger partial charge in [-0.3, -0.25) is 9.59 Å². The number of carbonyl (C=O) groups excluding carboxylic acids is 2. The molecule has 2 heterocycles. The highest BCUT2D eigenvalue weighted by molar-refractivity contribution is 7.09. The summed E-state index contributed by atoms with van der Waals surface area (Å²) >= 11 is 1.67. The highest BCUT2D eigenvalue weighted by Crippen LogP contribution is 2.27. The maximum Gasteiger partial charge on any atom is 0.223 e. The van der Waals surface area contributed by atoms with Crippen molar-refractivity contribution >= 4 is 23.0 Å². The Morgan fingerprint density at radius 2 is 2.28 bits per heavy atom. The SMILES string of the molecule is CC1(C)CCN(C(=O)CCc2cccs2)CC1=O. The summed E-state index contributed by atoms with van der Waals surface area (Å²) < 4.78 is 0. The van der Waals surface area contributed by atoms with Crippen molar-refractivity contribution < 1.29 is 9.59 Å². The Hall–Kier alpha value is -1.16. The molecule has 0 aromatic carbocycles. The molecule has 1 fully saturated rings. The van der Waals surface area contributed by atoms with Crippen LogP contribution < -0.4 is 0 Å². The fourth-order valence-corrected chi connectivity index (χ4v) is 2.79. The Bertz CT molecular complexity index is 437. The van der Waals surface area contributed by atoms with Gasteiger partial charge in [-0.1, -0.05) is 19.9 Å². The number of carbonyl (C=O) groups is 2. The Kier molecular flexibility index (Phi) is 3.85. The first-order valence-corrected chi connectivity index (χ1v) is 7.20. The number of hydrogen-bond donors (Lipinski definition) is 0. The van der Waals surface area contributed by atoms with Crippen molar-refractivity contribution in [1.29, 1.82) is 0 Å². The molecule has 1 aliphatic heterocycles. The number of Topliss-reactive ketones (excluding diaryl/α,β-unsaturated/α-hetero) is 1. The van der Waals surface area contributed by atoms with E-state index in [1.165, 1.54) is 4.88 Å². The Labute approximate surface area is 112 Å². The number of thiophene rings is 1. The number of amides is 1. The lowest BCUT2D eigenvalue weighted by atomic mass is 9.81. The van der Waals surface area contributed by atoms with Crippen LogP contribution in [0.5, 0.6) is 0 Å². The Morgan fingerprint density at radius 1 is 1.50 bits per heavy atom. The maximum absolute atomic E-state index is 12.0. The summed E-state index contributed by atoms with van der Waals surface area (Å²) in [5, 5.41) is 2.02. The quantitative estimate of drug-likeness (QED) is 0.842. The summed E-state index contributed by atoms with van der Waals surface area (Å²) in [7, 11) is 0. The monoisotopic (exact) mass is 265 g/mol. The normalized spacial score (nSPS) is 19.0. The predicted octanol–water partition coefficient (Wildman–Crippen LogP) is 2.51. The van der Waals surface area contributed by atoms with Crippen LogP contribution in [0.2, 0.25) is 0 Å². The van der Waals surface area contributed by atoms with Crippen LogP contribution in [0.15, 0.2) is 17.5 Å². The fourth-order valence-electron chi connectivity index (χ4n) is 2.08. The molecule has 1 aromatic heterocycles. The van der Waals surface area contributed by atoms with Crippen molar-refractivity contribution in [2.75, 3.05) is 13.1 Å². The zero-order valence-electron chi connectivity index (χ0n) is 10.9. The van der Waals surface area contributed by atoms with Gasteiger partial charge in [-0.15, -0.1) is 11.3 Å². The molecule has 1 saturated heterocycles. The van der Waals surface area contributed by atoms with E-state index < -0.39 is 0 Å². The standard InChI is InChI=1S/C14H19NO2S/c1-14(2)7-8-15(10-12(14)16)13(17)6-5-11-4-3-9-18-11/h3-4,9H,5-8,10H2,1-2H3. The van der Waals surface area contributed by atoms with Crippen LogP contribution in [0.4, 0.5) is 0 Å². The number of nitrogens with zero attached hydrogens (tertiary/aromatic N) is 1. The summed E-state index contributed by atoms with van der Waals surface area (Å²) in [5.41, 5.74) is -0.259. The van der Waals surface area contributed by atoms with E-state index in [-0.39, 0.29) is 23.7 Å². The summed E-state index contributed by atoms with van der Waals surface area (Å²) in [6.45, 7) is 4.92. The van der Waals surface area contributed by atoms with Crippen molar-refractivity contribution in [3.05, 3.63) is 22.4 Å². The van der Waals surface area contributed by atoms with E-state index in [1.54, 1.807) is 16.2 Å². The van der Waals surface area contributed by atoms with Gasteiger partial charge >= 0.3 is 0 Å². The summed E-state index contributed by atoms with van der Waals surface area (Å²) in [6, 6.07) is 4.04. The average Bonchev–Trinajstić information content (AvgIpc) is 2.82. The number of aryl methyl sites for hydroxylation is 1. The highest BCUT2D eigenvalue weighted by Gasteiger charge is 2.35. The van der Waals surface area contributed by atoms with Crippen molar-refractivity contribution in [3.8, 4) is 0 Å². The summed E-state index contributed by atoms with van der Waals surface area (Å²) in [4.78, 5) is 26.8. The largest absolute Gasteiger partial charge is 0.335 e. The molecule has 2 rings (SSSR count). The van der Waals surface area contributed by atoms with Gasteiger partial charge in [0.15, 0.2) is 5.78 Å². The summed E-state index contributed by atoms with van der Waals surface area (Å²) in [5.74, 6) is 0.283. The molecule has 0 bridgehead atoms. The fraction of sp³-hybridized carbons (Fsp3) is 0.571. The van der Waals surface area contributed by atoms with Crippen LogP contribution in [-0.4, -0.2) is 29.7 Å². The topological polar surface area (TPSA) is 37.4 Å². The zero-order chi connectivity index (χ0) is 13.2. The Balaban J connectivity index is 1.85. The van der Waals surface area contributed by atoms with Crippen molar-refractivity contribution in [2.24, 2.45) is 5.41 Å². The van der Waals surface area contributed by atoms with Crippen LogP contribution in [-0.2, 0) is 16.0 Å². The smallest absolute Gasteiger partial charge is 0.223 e. The van der Waals surface area contributed by atoms with Gasteiger partial charge in [0.2, 0.25) is 5.91 Å². The molecule has 0 radical (unpaired) electrons. The third-order valence-corrected chi connectivity index (χ3v) is 4.55. The summed E-state index contributed by atoms with van der Waals surface area (Å²) in [6.07, 6.45) is 2.06. The van der Waals surface area contributed by atoms with Crippen LogP contribution >= 0.6 is 11.3 Å². The molecular formula is C14H19NO2S. The first-order chi connectivity index (χ1) is 8.49. The molecule has 0 saturated carbocycles. The van der Waals surface area contributed by atoms with E-state index in [2.05, 4.69) is 0 Å². The lowest BCUT2D eigenvalue weighted by Crippen LogP contribution is -2.47. The highest BCUT2D eigenvalue weighted by atomic mass is 32.1. The van der Waals surface area contributed by atoms with Crippen LogP contribution in [0.1, 0.15) is 31.6 Å². The molecule has 3 nitrogen and oxygen atoms in total. The van der Waals surface area contributed by atoms with E-state index in [9.17, 15) is 9.59 Å². The van der Waals surface area contributed by atoms with Gasteiger partial charge in [-0.2, -0.15) is 0 Å². The number of ketones is 1. The van der Waals surface area contributed by atoms with Gasteiger partial charge in [0.1, 0.15) is 0 Å². The molecule has 0 spiro atoms. The van der Waals surface area contributed by atoms with Crippen LogP contribution in [0.25, 0.3) is 0 Å². The van der Waals surface area contributed by atoms with Crippen molar-refractivity contribution in [1.82, 2.24) is 4.90 Å². The van der Waals surface area contributed by atoms with E-state index in [4.69, 9.17) is 0 Å². The number of likely N-dealkylation sites (tertiary alicyclic amines) is 1. The van der Waals surface area contributed by atoms with E-state index in [1.807, 2.05) is 31.4 Å². The molecule has 4 heteroatoms. The minimum absolute atomic E-state index is 0.104. The molecule has 1 aliphatic rings.